The quantitative estimate of drug-likeness (QED) is 0.499. The largest absolute Gasteiger partial charge is 0.384 e. The predicted octanol–water partition coefficient (Wildman–Crippen LogP) is 1.51. The molecule has 2 rings (SSSR count). The van der Waals surface area contributed by atoms with E-state index >= 15 is 0 Å². The molecule has 0 aliphatic carbocycles. The Labute approximate surface area is 100 Å². The number of hydrogen-bond donors (Lipinski definition) is 1. The zero-order chi connectivity index (χ0) is 12.3. The molecule has 17 heavy (non-hydrogen) atoms. The van der Waals surface area contributed by atoms with E-state index in [9.17, 15) is 10.1 Å². The van der Waals surface area contributed by atoms with E-state index in [0.29, 0.717) is 11.0 Å². The van der Waals surface area contributed by atoms with Gasteiger partial charge in [-0.15, -0.1) is 0 Å². The Morgan fingerprint density at radius 2 is 2.12 bits per heavy atom. The fraction of sp³-hybridized carbons (Fsp3) is 0. The van der Waals surface area contributed by atoms with Crippen LogP contribution in [0.1, 0.15) is 0 Å². The highest BCUT2D eigenvalue weighted by Crippen LogP contribution is 2.30. The molecule has 0 aromatic carbocycles. The Morgan fingerprint density at radius 3 is 2.82 bits per heavy atom. The van der Waals surface area contributed by atoms with Crippen molar-refractivity contribution >= 4 is 23.3 Å². The Balaban J connectivity index is 2.33. The molecule has 0 unspecified atom stereocenters. The molecule has 2 aromatic rings. The SMILES string of the molecule is Nc1ccnc(Sc2ncccc2[N+](=O)[O-])n1. The lowest BCUT2D eigenvalue weighted by Crippen LogP contribution is -1.96. The molecule has 2 heterocycles. The smallest absolute Gasteiger partial charge is 0.301 e. The third kappa shape index (κ3) is 2.67. The Hall–Kier alpha value is -2.22. The van der Waals surface area contributed by atoms with E-state index in [1.807, 2.05) is 0 Å². The monoisotopic (exact) mass is 249 g/mol. The highest BCUT2D eigenvalue weighted by Gasteiger charge is 2.16. The van der Waals surface area contributed by atoms with E-state index < -0.39 is 4.92 Å². The van der Waals surface area contributed by atoms with Crippen LogP contribution < -0.4 is 5.73 Å². The fourth-order valence-corrected chi connectivity index (χ4v) is 1.89. The molecule has 0 aliphatic rings. The van der Waals surface area contributed by atoms with Crippen molar-refractivity contribution in [1.29, 1.82) is 0 Å². The van der Waals surface area contributed by atoms with Gasteiger partial charge in [0.15, 0.2) is 10.2 Å². The van der Waals surface area contributed by atoms with Gasteiger partial charge in [0, 0.05) is 18.5 Å². The lowest BCUT2D eigenvalue weighted by atomic mass is 10.4. The summed E-state index contributed by atoms with van der Waals surface area (Å²) in [5.41, 5.74) is 5.41. The molecule has 0 amide bonds. The highest BCUT2D eigenvalue weighted by atomic mass is 32.2. The summed E-state index contributed by atoms with van der Waals surface area (Å²) in [5.74, 6) is 0.307. The molecular weight excluding hydrogens is 242 g/mol. The van der Waals surface area contributed by atoms with Crippen molar-refractivity contribution in [1.82, 2.24) is 15.0 Å². The first-order chi connectivity index (χ1) is 8.16. The molecular formula is C9H7N5O2S. The number of nitrogens with zero attached hydrogens (tertiary/aromatic N) is 4. The zero-order valence-electron chi connectivity index (χ0n) is 8.48. The van der Waals surface area contributed by atoms with Gasteiger partial charge in [-0.2, -0.15) is 0 Å². The van der Waals surface area contributed by atoms with Crippen LogP contribution in [0.15, 0.2) is 40.8 Å². The highest BCUT2D eigenvalue weighted by molar-refractivity contribution is 7.99. The van der Waals surface area contributed by atoms with Crippen LogP contribution in [0.5, 0.6) is 0 Å². The van der Waals surface area contributed by atoms with Crippen LogP contribution >= 0.6 is 11.8 Å². The van der Waals surface area contributed by atoms with E-state index in [1.54, 1.807) is 0 Å². The fourth-order valence-electron chi connectivity index (χ4n) is 1.09. The van der Waals surface area contributed by atoms with Gasteiger partial charge < -0.3 is 5.73 Å². The second-order valence-electron chi connectivity index (χ2n) is 2.95. The minimum absolute atomic E-state index is 0.0801. The van der Waals surface area contributed by atoms with Crippen molar-refractivity contribution in [2.24, 2.45) is 0 Å². The van der Waals surface area contributed by atoms with Crippen LogP contribution in [0.2, 0.25) is 0 Å². The average Bonchev–Trinajstić information content (AvgIpc) is 2.29. The first kappa shape index (κ1) is 11.3. The van der Waals surface area contributed by atoms with Gasteiger partial charge in [0.05, 0.1) is 4.92 Å². The summed E-state index contributed by atoms with van der Waals surface area (Å²) in [4.78, 5) is 22.1. The predicted molar refractivity (Wildman–Crippen MR) is 61.5 cm³/mol. The van der Waals surface area contributed by atoms with Crippen molar-refractivity contribution in [2.75, 3.05) is 5.73 Å². The van der Waals surface area contributed by atoms with Crippen LogP contribution in [0, 0.1) is 10.1 Å². The van der Waals surface area contributed by atoms with Crippen LogP contribution in [0.4, 0.5) is 11.5 Å². The van der Waals surface area contributed by atoms with E-state index in [-0.39, 0.29) is 10.7 Å². The molecule has 0 bridgehead atoms. The molecule has 8 heteroatoms. The number of rotatable bonds is 3. The number of nitrogen functional groups attached to an aromatic ring is 1. The maximum absolute atomic E-state index is 10.8. The summed E-state index contributed by atoms with van der Waals surface area (Å²) in [6.07, 6.45) is 2.96. The van der Waals surface area contributed by atoms with Gasteiger partial charge >= 0.3 is 5.69 Å². The van der Waals surface area contributed by atoms with Crippen molar-refractivity contribution in [2.45, 2.75) is 10.2 Å². The summed E-state index contributed by atoms with van der Waals surface area (Å²) >= 11 is 1.00. The molecule has 86 valence electrons. The zero-order valence-corrected chi connectivity index (χ0v) is 9.29. The van der Waals surface area contributed by atoms with E-state index in [1.165, 1.54) is 30.6 Å². The second-order valence-corrected chi connectivity index (χ2v) is 3.91. The van der Waals surface area contributed by atoms with Crippen LogP contribution in [-0.2, 0) is 0 Å². The van der Waals surface area contributed by atoms with Gasteiger partial charge in [-0.05, 0) is 23.9 Å². The van der Waals surface area contributed by atoms with Crippen LogP contribution in [-0.4, -0.2) is 19.9 Å². The Morgan fingerprint density at radius 1 is 1.29 bits per heavy atom. The normalized spacial score (nSPS) is 10.1. The van der Waals surface area contributed by atoms with Gasteiger partial charge in [0.25, 0.3) is 0 Å². The first-order valence-corrected chi connectivity index (χ1v) is 5.34. The first-order valence-electron chi connectivity index (χ1n) is 4.52. The molecule has 0 spiro atoms. The third-order valence-corrected chi connectivity index (χ3v) is 2.68. The van der Waals surface area contributed by atoms with Crippen molar-refractivity contribution < 1.29 is 4.92 Å². The Bertz CT molecular complexity index is 563. The molecule has 0 fully saturated rings. The molecule has 2 aromatic heterocycles. The van der Waals surface area contributed by atoms with Gasteiger partial charge in [0.1, 0.15) is 5.82 Å². The number of pyridine rings is 1. The van der Waals surface area contributed by atoms with E-state index in [4.69, 9.17) is 5.73 Å². The second kappa shape index (κ2) is 4.74. The van der Waals surface area contributed by atoms with Crippen molar-refractivity contribution in [3.05, 3.63) is 40.7 Å². The van der Waals surface area contributed by atoms with Crippen LogP contribution in [0.3, 0.4) is 0 Å². The standard InChI is InChI=1S/C9H7N5O2S/c10-7-3-5-12-9(13-7)17-8-6(14(15)16)2-1-4-11-8/h1-5H,(H2,10,12,13). The van der Waals surface area contributed by atoms with Gasteiger partial charge in [-0.1, -0.05) is 0 Å². The molecule has 7 nitrogen and oxygen atoms in total. The van der Waals surface area contributed by atoms with E-state index in [2.05, 4.69) is 15.0 Å². The van der Waals surface area contributed by atoms with Crippen molar-refractivity contribution in [3.63, 3.8) is 0 Å². The van der Waals surface area contributed by atoms with Crippen molar-refractivity contribution in [3.8, 4) is 0 Å². The molecule has 0 atom stereocenters. The average molecular weight is 249 g/mol. The topological polar surface area (TPSA) is 108 Å². The number of aromatic nitrogens is 3. The number of nitro groups is 1. The molecule has 0 radical (unpaired) electrons. The third-order valence-electron chi connectivity index (χ3n) is 1.79. The van der Waals surface area contributed by atoms with Crippen LogP contribution in [0.25, 0.3) is 0 Å². The maximum Gasteiger partial charge on any atom is 0.301 e. The summed E-state index contributed by atoms with van der Waals surface area (Å²) in [5, 5.41) is 11.3. The maximum atomic E-state index is 10.8. The molecule has 0 saturated carbocycles. The van der Waals surface area contributed by atoms with E-state index in [0.717, 1.165) is 11.8 Å². The number of hydrogen-bond acceptors (Lipinski definition) is 7. The van der Waals surface area contributed by atoms with Gasteiger partial charge in [0.2, 0.25) is 0 Å². The number of nitrogens with two attached hydrogens (primary N) is 1. The number of anilines is 1. The molecule has 0 saturated heterocycles. The summed E-state index contributed by atoms with van der Waals surface area (Å²) in [6.45, 7) is 0. The summed E-state index contributed by atoms with van der Waals surface area (Å²) in [7, 11) is 0. The Kier molecular flexibility index (Phi) is 3.15. The lowest BCUT2D eigenvalue weighted by Gasteiger charge is -2.00. The minimum atomic E-state index is -0.498. The molecule has 2 N–H and O–H groups in total. The summed E-state index contributed by atoms with van der Waals surface area (Å²) in [6, 6.07) is 4.42. The van der Waals surface area contributed by atoms with Gasteiger partial charge in [-0.25, -0.2) is 15.0 Å². The summed E-state index contributed by atoms with van der Waals surface area (Å²) < 4.78 is 0. The minimum Gasteiger partial charge on any atom is -0.384 e. The molecule has 0 aliphatic heterocycles. The van der Waals surface area contributed by atoms with Gasteiger partial charge in [-0.3, -0.25) is 10.1 Å². The lowest BCUT2D eigenvalue weighted by molar-refractivity contribution is -0.388.